The Hall–Kier alpha value is -3.50. The van der Waals surface area contributed by atoms with Gasteiger partial charge >= 0.3 is 6.09 Å². The summed E-state index contributed by atoms with van der Waals surface area (Å²) in [7, 11) is 0. The molecule has 1 aliphatic rings. The Balaban J connectivity index is 0.00000306. The summed E-state index contributed by atoms with van der Waals surface area (Å²) in [6, 6.07) is 12.2. The third-order valence-corrected chi connectivity index (χ3v) is 5.08. The molecule has 1 aliphatic heterocycles. The summed E-state index contributed by atoms with van der Waals surface area (Å²) in [5, 5.41) is 16.1. The minimum absolute atomic E-state index is 0. The first kappa shape index (κ1) is 24.1. The quantitative estimate of drug-likeness (QED) is 0.463. The number of hydrogen-bond acceptors (Lipinski definition) is 6. The Morgan fingerprint density at radius 2 is 2.03 bits per heavy atom. The van der Waals surface area contributed by atoms with Gasteiger partial charge in [0.05, 0.1) is 24.5 Å². The van der Waals surface area contributed by atoms with E-state index in [0.717, 1.165) is 16.8 Å². The van der Waals surface area contributed by atoms with Gasteiger partial charge in [-0.15, -0.1) is 17.5 Å². The molecule has 1 unspecified atom stereocenters. The largest absolute Gasteiger partial charge is 0.442 e. The number of amides is 2. The Kier molecular flexibility index (Phi) is 7.96. The fourth-order valence-electron chi connectivity index (χ4n) is 3.45. The second-order valence-corrected chi connectivity index (χ2v) is 7.48. The topological polar surface area (TPSA) is 112 Å². The number of carbonyl (C=O) groups is 2. The molecule has 11 heteroatoms. The number of aromatic amines is 1. The number of rotatable bonds is 8. The highest BCUT2D eigenvalue weighted by atomic mass is 35.5. The van der Waals surface area contributed by atoms with Crippen LogP contribution in [0.25, 0.3) is 11.1 Å². The predicted octanol–water partition coefficient (Wildman–Crippen LogP) is 2.78. The number of H-pyrrole nitrogens is 1. The zero-order chi connectivity index (χ0) is 22.5. The Labute approximate surface area is 196 Å². The first-order valence-corrected chi connectivity index (χ1v) is 10.2. The van der Waals surface area contributed by atoms with Gasteiger partial charge in [-0.1, -0.05) is 29.5 Å². The molecule has 4 rings (SSSR count). The van der Waals surface area contributed by atoms with Crippen molar-refractivity contribution in [2.24, 2.45) is 0 Å². The standard InChI is InChI=1S/C22H23FN6O3.ClH/c1-14(30)25-12-19-13-29(22(31)32-19)18-6-7-20(21(23)8-18)16-4-2-15(3-5-16)9-24-10-17-11-26-28-27-17;/h2-8,11,19,24H,9-10,12-13H2,1H3,(H,25,30)(H,26,27,28);1H. The van der Waals surface area contributed by atoms with E-state index in [0.29, 0.717) is 24.3 Å². The van der Waals surface area contributed by atoms with E-state index >= 15 is 0 Å². The van der Waals surface area contributed by atoms with E-state index in [1.807, 2.05) is 24.3 Å². The zero-order valence-corrected chi connectivity index (χ0v) is 18.7. The zero-order valence-electron chi connectivity index (χ0n) is 17.9. The summed E-state index contributed by atoms with van der Waals surface area (Å²) in [4.78, 5) is 24.6. The maximum atomic E-state index is 14.9. The van der Waals surface area contributed by atoms with Crippen LogP contribution < -0.4 is 15.5 Å². The third kappa shape index (κ3) is 6.05. The van der Waals surface area contributed by atoms with Crippen LogP contribution in [-0.4, -0.2) is 46.6 Å². The highest BCUT2D eigenvalue weighted by Crippen LogP contribution is 2.29. The van der Waals surface area contributed by atoms with Crippen LogP contribution in [0.2, 0.25) is 0 Å². The second-order valence-electron chi connectivity index (χ2n) is 7.48. The van der Waals surface area contributed by atoms with Gasteiger partial charge in [0.2, 0.25) is 5.91 Å². The highest BCUT2D eigenvalue weighted by molar-refractivity contribution is 5.90. The van der Waals surface area contributed by atoms with E-state index in [-0.39, 0.29) is 31.4 Å². The molecule has 2 heterocycles. The van der Waals surface area contributed by atoms with E-state index in [1.54, 1.807) is 18.3 Å². The molecule has 0 aliphatic carbocycles. The molecule has 3 N–H and O–H groups in total. The summed E-state index contributed by atoms with van der Waals surface area (Å²) >= 11 is 0. The molecule has 174 valence electrons. The second kappa shape index (κ2) is 10.9. The van der Waals surface area contributed by atoms with Crippen molar-refractivity contribution < 1.29 is 18.7 Å². The smallest absolute Gasteiger partial charge is 0.414 e. The third-order valence-electron chi connectivity index (χ3n) is 5.08. The van der Waals surface area contributed by atoms with Crippen molar-refractivity contribution in [2.75, 3.05) is 18.0 Å². The van der Waals surface area contributed by atoms with Crippen molar-refractivity contribution in [3.8, 4) is 11.1 Å². The Morgan fingerprint density at radius 3 is 2.70 bits per heavy atom. The maximum Gasteiger partial charge on any atom is 0.414 e. The minimum atomic E-state index is -0.560. The number of nitrogens with zero attached hydrogens (tertiary/aromatic N) is 3. The molecule has 1 atom stereocenters. The van der Waals surface area contributed by atoms with Crippen LogP contribution in [0.4, 0.5) is 14.9 Å². The van der Waals surface area contributed by atoms with Gasteiger partial charge in [0.25, 0.3) is 0 Å². The fourth-order valence-corrected chi connectivity index (χ4v) is 3.45. The molecule has 0 radical (unpaired) electrons. The van der Waals surface area contributed by atoms with Gasteiger partial charge in [-0.3, -0.25) is 14.8 Å². The highest BCUT2D eigenvalue weighted by Gasteiger charge is 2.32. The Morgan fingerprint density at radius 1 is 1.24 bits per heavy atom. The first-order valence-electron chi connectivity index (χ1n) is 10.2. The number of carbonyl (C=O) groups excluding carboxylic acids is 2. The molecular formula is C22H24ClFN6O3. The number of aromatic nitrogens is 3. The van der Waals surface area contributed by atoms with Crippen molar-refractivity contribution in [1.29, 1.82) is 0 Å². The molecule has 2 amide bonds. The molecule has 33 heavy (non-hydrogen) atoms. The van der Waals surface area contributed by atoms with Crippen LogP contribution >= 0.6 is 12.4 Å². The van der Waals surface area contributed by atoms with Crippen LogP contribution in [-0.2, 0) is 22.6 Å². The lowest BCUT2D eigenvalue weighted by Crippen LogP contribution is -2.33. The van der Waals surface area contributed by atoms with Crippen LogP contribution in [0.15, 0.2) is 48.7 Å². The molecule has 9 nitrogen and oxygen atoms in total. The van der Waals surface area contributed by atoms with E-state index in [2.05, 4.69) is 26.0 Å². The normalized spacial score (nSPS) is 15.2. The van der Waals surface area contributed by atoms with Gasteiger partial charge in [-0.25, -0.2) is 9.18 Å². The number of halogens is 2. The van der Waals surface area contributed by atoms with E-state index < -0.39 is 18.0 Å². The fraction of sp³-hybridized carbons (Fsp3) is 0.273. The molecule has 0 spiro atoms. The lowest BCUT2D eigenvalue weighted by atomic mass is 10.0. The summed E-state index contributed by atoms with van der Waals surface area (Å²) in [6.45, 7) is 3.10. The predicted molar refractivity (Wildman–Crippen MR) is 122 cm³/mol. The Bertz CT molecular complexity index is 1090. The lowest BCUT2D eigenvalue weighted by molar-refractivity contribution is -0.119. The molecule has 1 aromatic heterocycles. The minimum Gasteiger partial charge on any atom is -0.442 e. The van der Waals surface area contributed by atoms with Crippen molar-refractivity contribution in [3.05, 3.63) is 65.7 Å². The van der Waals surface area contributed by atoms with Crippen molar-refractivity contribution in [1.82, 2.24) is 26.0 Å². The van der Waals surface area contributed by atoms with Crippen LogP contribution in [0.3, 0.4) is 0 Å². The maximum absolute atomic E-state index is 14.9. The summed E-state index contributed by atoms with van der Waals surface area (Å²) in [6.07, 6.45) is 0.697. The molecule has 2 aromatic carbocycles. The average molecular weight is 475 g/mol. The molecule has 3 aromatic rings. The number of benzene rings is 2. The molecule has 1 fully saturated rings. The van der Waals surface area contributed by atoms with Crippen molar-refractivity contribution >= 4 is 30.1 Å². The number of hydrogen-bond donors (Lipinski definition) is 3. The number of ether oxygens (including phenoxy) is 1. The van der Waals surface area contributed by atoms with Crippen molar-refractivity contribution in [2.45, 2.75) is 26.1 Å². The summed E-state index contributed by atoms with van der Waals surface area (Å²) in [5.41, 5.74) is 3.47. The monoisotopic (exact) mass is 474 g/mol. The van der Waals surface area contributed by atoms with Crippen LogP contribution in [0.5, 0.6) is 0 Å². The van der Waals surface area contributed by atoms with Crippen molar-refractivity contribution in [3.63, 3.8) is 0 Å². The van der Waals surface area contributed by atoms with Crippen LogP contribution in [0.1, 0.15) is 18.2 Å². The number of anilines is 1. The van der Waals surface area contributed by atoms with Gasteiger partial charge in [-0.05, 0) is 29.3 Å². The number of cyclic esters (lactones) is 1. The summed E-state index contributed by atoms with van der Waals surface area (Å²) < 4.78 is 20.1. The van der Waals surface area contributed by atoms with Gasteiger partial charge in [0.15, 0.2) is 0 Å². The number of nitrogens with one attached hydrogen (secondary N) is 3. The van der Waals surface area contributed by atoms with Gasteiger partial charge in [0.1, 0.15) is 11.9 Å². The molecule has 0 saturated carbocycles. The molecular weight excluding hydrogens is 451 g/mol. The van der Waals surface area contributed by atoms with E-state index in [1.165, 1.54) is 17.9 Å². The molecule has 0 bridgehead atoms. The SMILES string of the molecule is CC(=O)NCC1CN(c2ccc(-c3ccc(CNCc4c[nH]nn4)cc3)c(F)c2)C(=O)O1.Cl. The van der Waals surface area contributed by atoms with E-state index in [9.17, 15) is 14.0 Å². The van der Waals surface area contributed by atoms with E-state index in [4.69, 9.17) is 4.74 Å². The van der Waals surface area contributed by atoms with Crippen LogP contribution in [0, 0.1) is 5.82 Å². The average Bonchev–Trinajstić information content (AvgIpc) is 3.42. The van der Waals surface area contributed by atoms with Gasteiger partial charge in [0, 0.05) is 31.8 Å². The summed E-state index contributed by atoms with van der Waals surface area (Å²) in [5.74, 6) is -0.635. The molecule has 1 saturated heterocycles. The first-order chi connectivity index (χ1) is 15.5. The van der Waals surface area contributed by atoms with Gasteiger partial charge in [-0.2, -0.15) is 0 Å². The lowest BCUT2D eigenvalue weighted by Gasteiger charge is -2.15. The van der Waals surface area contributed by atoms with Gasteiger partial charge < -0.3 is 15.4 Å².